The van der Waals surface area contributed by atoms with E-state index in [4.69, 9.17) is 4.74 Å². The van der Waals surface area contributed by atoms with Crippen LogP contribution in [-0.4, -0.2) is 69.1 Å². The molecule has 4 aromatic heterocycles. The maximum absolute atomic E-state index is 13.0. The summed E-state index contributed by atoms with van der Waals surface area (Å²) in [7, 11) is 0. The molecule has 0 aliphatic carbocycles. The van der Waals surface area contributed by atoms with Crippen molar-refractivity contribution in [3.8, 4) is 11.4 Å². The number of morpholine rings is 1. The molecule has 0 aromatic carbocycles. The van der Waals surface area contributed by atoms with Gasteiger partial charge in [-0.15, -0.1) is 11.3 Å². The molecule has 1 fully saturated rings. The number of nitrogens with one attached hydrogen (secondary N) is 1. The van der Waals surface area contributed by atoms with Gasteiger partial charge in [-0.2, -0.15) is 0 Å². The number of carbonyl (C=O) groups excluding carboxylic acids is 1. The Morgan fingerprint density at radius 1 is 1.28 bits per heavy atom. The minimum absolute atomic E-state index is 0.0643. The van der Waals surface area contributed by atoms with Gasteiger partial charge in [0.1, 0.15) is 5.69 Å². The topological polar surface area (TPSA) is 76.7 Å². The average molecular weight is 451 g/mol. The normalized spacial score (nSPS) is 14.8. The van der Waals surface area contributed by atoms with Crippen molar-refractivity contribution in [2.75, 3.05) is 39.4 Å². The van der Waals surface area contributed by atoms with Gasteiger partial charge >= 0.3 is 0 Å². The molecule has 8 nitrogen and oxygen atoms in total. The second-order valence-corrected chi connectivity index (χ2v) is 8.96. The summed E-state index contributed by atoms with van der Waals surface area (Å²) in [5.41, 5.74) is 4.28. The van der Waals surface area contributed by atoms with E-state index < -0.39 is 0 Å². The van der Waals surface area contributed by atoms with Crippen LogP contribution in [0.25, 0.3) is 16.9 Å². The molecule has 0 spiro atoms. The fourth-order valence-electron chi connectivity index (χ4n) is 4.03. The zero-order chi connectivity index (χ0) is 21.9. The maximum Gasteiger partial charge on any atom is 0.253 e. The second kappa shape index (κ2) is 9.23. The first-order chi connectivity index (χ1) is 15.7. The number of pyridine rings is 1. The number of rotatable bonds is 7. The van der Waals surface area contributed by atoms with E-state index in [9.17, 15) is 4.79 Å². The van der Waals surface area contributed by atoms with Gasteiger partial charge in [-0.05, 0) is 25.1 Å². The highest BCUT2D eigenvalue weighted by molar-refractivity contribution is 7.09. The van der Waals surface area contributed by atoms with Gasteiger partial charge in [0.25, 0.3) is 5.91 Å². The van der Waals surface area contributed by atoms with Gasteiger partial charge in [0.2, 0.25) is 0 Å². The van der Waals surface area contributed by atoms with Crippen LogP contribution in [0.3, 0.4) is 0 Å². The highest BCUT2D eigenvalue weighted by Gasteiger charge is 2.18. The molecule has 1 saturated heterocycles. The number of thiazole rings is 1. The van der Waals surface area contributed by atoms with E-state index in [0.29, 0.717) is 18.7 Å². The zero-order valence-electron chi connectivity index (χ0n) is 18.0. The number of hydrogen-bond donors (Lipinski definition) is 1. The number of amides is 1. The van der Waals surface area contributed by atoms with Gasteiger partial charge in [-0.3, -0.25) is 9.69 Å². The molecular formula is C23H26N6O2S. The summed E-state index contributed by atoms with van der Waals surface area (Å²) in [6, 6.07) is 7.81. The minimum Gasteiger partial charge on any atom is -0.379 e. The predicted octanol–water partition coefficient (Wildman–Crippen LogP) is 2.68. The van der Waals surface area contributed by atoms with Crippen LogP contribution in [0.4, 0.5) is 0 Å². The molecule has 32 heavy (non-hydrogen) atoms. The molecule has 1 N–H and O–H groups in total. The van der Waals surface area contributed by atoms with Crippen molar-refractivity contribution in [1.29, 1.82) is 0 Å². The molecule has 0 radical (unpaired) electrons. The van der Waals surface area contributed by atoms with Gasteiger partial charge in [-0.25, -0.2) is 9.97 Å². The minimum atomic E-state index is -0.0643. The Hall–Kier alpha value is -3.01. The number of carbonyl (C=O) groups is 1. The number of aryl methyl sites for hydroxylation is 1. The van der Waals surface area contributed by atoms with E-state index in [-0.39, 0.29) is 5.91 Å². The highest BCUT2D eigenvalue weighted by atomic mass is 32.1. The van der Waals surface area contributed by atoms with Crippen molar-refractivity contribution in [1.82, 2.24) is 29.2 Å². The Morgan fingerprint density at radius 3 is 2.97 bits per heavy atom. The van der Waals surface area contributed by atoms with Crippen molar-refractivity contribution in [3.05, 3.63) is 64.6 Å². The lowest BCUT2D eigenvalue weighted by Gasteiger charge is -2.26. The quantitative estimate of drug-likeness (QED) is 0.469. The molecule has 0 atom stereocenters. The molecule has 4 aromatic rings. The summed E-state index contributed by atoms with van der Waals surface area (Å²) in [6.45, 7) is 7.47. The van der Waals surface area contributed by atoms with Crippen molar-refractivity contribution < 1.29 is 9.53 Å². The number of hydrogen-bond acceptors (Lipinski definition) is 6. The molecule has 5 rings (SSSR count). The van der Waals surface area contributed by atoms with Crippen LogP contribution >= 0.6 is 11.3 Å². The Bertz CT molecular complexity index is 1220. The van der Waals surface area contributed by atoms with E-state index in [1.165, 1.54) is 0 Å². The van der Waals surface area contributed by atoms with Crippen LogP contribution in [0.5, 0.6) is 0 Å². The summed E-state index contributed by atoms with van der Waals surface area (Å²) in [5, 5.41) is 6.20. The van der Waals surface area contributed by atoms with Crippen LogP contribution in [0, 0.1) is 6.92 Å². The fraction of sp³-hybridized carbons (Fsp3) is 0.348. The Balaban J connectivity index is 1.34. The number of fused-ring (bicyclic) bond motifs is 1. The fourth-order valence-corrected chi connectivity index (χ4v) is 4.63. The molecule has 5 heterocycles. The van der Waals surface area contributed by atoms with Gasteiger partial charge in [0, 0.05) is 44.0 Å². The van der Waals surface area contributed by atoms with Crippen LogP contribution in [0.15, 0.2) is 48.4 Å². The third-order valence-electron chi connectivity index (χ3n) is 5.65. The summed E-state index contributed by atoms with van der Waals surface area (Å²) in [6.07, 6.45) is 5.79. The van der Waals surface area contributed by atoms with Crippen molar-refractivity contribution in [3.63, 3.8) is 0 Å². The zero-order valence-corrected chi connectivity index (χ0v) is 18.8. The van der Waals surface area contributed by atoms with Crippen molar-refractivity contribution in [2.45, 2.75) is 13.5 Å². The lowest BCUT2D eigenvalue weighted by molar-refractivity contribution is 0.0383. The molecule has 9 heteroatoms. The number of imidazole rings is 1. The van der Waals surface area contributed by atoms with Crippen molar-refractivity contribution >= 4 is 22.8 Å². The Labute approximate surface area is 190 Å². The Kier molecular flexibility index (Phi) is 6.02. The number of ether oxygens (including phenoxy) is 1. The summed E-state index contributed by atoms with van der Waals surface area (Å²) < 4.78 is 9.43. The predicted molar refractivity (Wildman–Crippen MR) is 124 cm³/mol. The van der Waals surface area contributed by atoms with Gasteiger partial charge in [0.15, 0.2) is 0 Å². The Morgan fingerprint density at radius 2 is 2.16 bits per heavy atom. The molecule has 166 valence electrons. The first-order valence-corrected chi connectivity index (χ1v) is 11.7. The molecule has 1 amide bonds. The SMILES string of the molecule is Cc1nc(Cn2cnc(-c3cc(C(=O)NCCN4CCOCC4)c4ccccn34)c2)cs1. The summed E-state index contributed by atoms with van der Waals surface area (Å²) in [4.78, 5) is 24.4. The van der Waals surface area contributed by atoms with Gasteiger partial charge in [0.05, 0.1) is 53.6 Å². The van der Waals surface area contributed by atoms with E-state index in [1.54, 1.807) is 11.3 Å². The molecule has 0 unspecified atom stereocenters. The van der Waals surface area contributed by atoms with Crippen LogP contribution in [0.1, 0.15) is 21.1 Å². The van der Waals surface area contributed by atoms with Crippen LogP contribution in [-0.2, 0) is 11.3 Å². The standard InChI is InChI=1S/C23H26N6O2S/c1-17-26-18(15-32-17)13-28-14-20(25-16-28)22-12-19(21-4-2-3-6-29(21)22)23(30)24-5-7-27-8-10-31-11-9-27/h2-4,6,12,14-16H,5,7-11,13H2,1H3,(H,24,30). The molecule has 1 aliphatic rings. The lowest BCUT2D eigenvalue weighted by Crippen LogP contribution is -2.41. The van der Waals surface area contributed by atoms with E-state index in [1.807, 2.05) is 58.9 Å². The smallest absolute Gasteiger partial charge is 0.253 e. The number of aromatic nitrogens is 4. The number of nitrogens with zero attached hydrogens (tertiary/aromatic N) is 5. The largest absolute Gasteiger partial charge is 0.379 e. The lowest BCUT2D eigenvalue weighted by atomic mass is 10.2. The first kappa shape index (κ1) is 20.9. The van der Waals surface area contributed by atoms with Crippen LogP contribution in [0.2, 0.25) is 0 Å². The van der Waals surface area contributed by atoms with Crippen LogP contribution < -0.4 is 5.32 Å². The van der Waals surface area contributed by atoms with E-state index >= 15 is 0 Å². The summed E-state index contributed by atoms with van der Waals surface area (Å²) in [5.74, 6) is -0.0643. The monoisotopic (exact) mass is 450 g/mol. The molecule has 1 aliphatic heterocycles. The molecule has 0 saturated carbocycles. The molecule has 0 bridgehead atoms. The first-order valence-electron chi connectivity index (χ1n) is 10.8. The van der Waals surface area contributed by atoms with Gasteiger partial charge in [-0.1, -0.05) is 6.07 Å². The molecular weight excluding hydrogens is 424 g/mol. The third kappa shape index (κ3) is 4.45. The third-order valence-corrected chi connectivity index (χ3v) is 6.47. The van der Waals surface area contributed by atoms with Crippen molar-refractivity contribution in [2.24, 2.45) is 0 Å². The second-order valence-electron chi connectivity index (χ2n) is 7.90. The average Bonchev–Trinajstić information content (AvgIpc) is 3.53. The summed E-state index contributed by atoms with van der Waals surface area (Å²) >= 11 is 1.65. The highest BCUT2D eigenvalue weighted by Crippen LogP contribution is 2.25. The van der Waals surface area contributed by atoms with Gasteiger partial charge < -0.3 is 19.0 Å². The maximum atomic E-state index is 13.0. The van der Waals surface area contributed by atoms with E-state index in [0.717, 1.165) is 60.5 Å². The van der Waals surface area contributed by atoms with E-state index in [2.05, 4.69) is 25.6 Å².